The van der Waals surface area contributed by atoms with Gasteiger partial charge in [0.25, 0.3) is 5.91 Å². The highest BCUT2D eigenvalue weighted by Gasteiger charge is 2.13. The van der Waals surface area contributed by atoms with Crippen LogP contribution in [0.2, 0.25) is 0 Å². The zero-order valence-corrected chi connectivity index (χ0v) is 17.4. The first-order valence-electron chi connectivity index (χ1n) is 9.75. The minimum atomic E-state index is -0.194. The van der Waals surface area contributed by atoms with Crippen LogP contribution in [0.3, 0.4) is 0 Å². The highest BCUT2D eigenvalue weighted by atomic mass is 16.5. The van der Waals surface area contributed by atoms with Gasteiger partial charge in [0.15, 0.2) is 23.9 Å². The predicted molar refractivity (Wildman–Crippen MR) is 117 cm³/mol. The molecule has 10 heteroatoms. The van der Waals surface area contributed by atoms with Crippen molar-refractivity contribution in [2.75, 3.05) is 19.0 Å². The summed E-state index contributed by atoms with van der Waals surface area (Å²) in [5.74, 6) is 1.76. The van der Waals surface area contributed by atoms with Crippen molar-refractivity contribution in [1.82, 2.24) is 30.7 Å². The van der Waals surface area contributed by atoms with E-state index in [-0.39, 0.29) is 18.6 Å². The van der Waals surface area contributed by atoms with Crippen LogP contribution in [0, 0.1) is 0 Å². The molecule has 0 unspecified atom stereocenters. The summed E-state index contributed by atoms with van der Waals surface area (Å²) in [6.07, 6.45) is 1.76. The minimum absolute atomic E-state index is 0.0521. The summed E-state index contributed by atoms with van der Waals surface area (Å²) in [5.41, 5.74) is 2.57. The Kier molecular flexibility index (Phi) is 5.69. The quantitative estimate of drug-likeness (QED) is 0.344. The van der Waals surface area contributed by atoms with Crippen LogP contribution in [0.25, 0.3) is 22.3 Å². The number of methoxy groups -OCH3 is 1. The van der Waals surface area contributed by atoms with Gasteiger partial charge in [-0.3, -0.25) is 15.0 Å². The monoisotopic (exact) mass is 421 g/mol. The molecule has 0 aliphatic heterocycles. The maximum Gasteiger partial charge on any atom is 0.258 e. The van der Waals surface area contributed by atoms with E-state index >= 15 is 0 Å². The average molecular weight is 421 g/mol. The van der Waals surface area contributed by atoms with Gasteiger partial charge >= 0.3 is 0 Å². The molecule has 0 fully saturated rings. The third-order valence-corrected chi connectivity index (χ3v) is 4.43. The lowest BCUT2D eigenvalue weighted by Gasteiger charge is -2.12. The van der Waals surface area contributed by atoms with Crippen LogP contribution in [0.1, 0.15) is 13.8 Å². The summed E-state index contributed by atoms with van der Waals surface area (Å²) in [6, 6.07) is 11.2. The summed E-state index contributed by atoms with van der Waals surface area (Å²) in [5, 5.41) is 21.0. The van der Waals surface area contributed by atoms with Gasteiger partial charge in [0.1, 0.15) is 0 Å². The molecule has 4 aromatic rings. The Labute approximate surface area is 178 Å². The standard InChI is InChI=1S/C21H23N7O3/c1-12(2)23-19(29)11-31-17-7-4-13(9-18(17)30-3)20-25-21(28-27-20)24-15-5-6-16-14(8-15)10-22-26-16/h4-10,12H,11H2,1-3H3,(H,22,26)(H,23,29)(H2,24,25,27,28). The molecule has 0 aliphatic carbocycles. The number of hydrogen-bond donors (Lipinski definition) is 4. The van der Waals surface area contributed by atoms with E-state index in [0.29, 0.717) is 23.3 Å². The van der Waals surface area contributed by atoms with Crippen LogP contribution < -0.4 is 20.1 Å². The zero-order chi connectivity index (χ0) is 21.8. The van der Waals surface area contributed by atoms with E-state index in [1.54, 1.807) is 25.4 Å². The molecule has 0 radical (unpaired) electrons. The summed E-state index contributed by atoms with van der Waals surface area (Å²) < 4.78 is 11.0. The minimum Gasteiger partial charge on any atom is -0.493 e. The number of anilines is 2. The van der Waals surface area contributed by atoms with Crippen molar-refractivity contribution in [2.24, 2.45) is 0 Å². The number of ether oxygens (including phenoxy) is 2. The van der Waals surface area contributed by atoms with E-state index in [2.05, 4.69) is 36.0 Å². The highest BCUT2D eigenvalue weighted by Crippen LogP contribution is 2.32. The third kappa shape index (κ3) is 4.74. The molecule has 31 heavy (non-hydrogen) atoms. The first-order chi connectivity index (χ1) is 15.0. The SMILES string of the molecule is COc1cc(-c2nc(Nc3ccc4[nH]ncc4c3)n[nH]2)ccc1OCC(=O)NC(C)C. The molecule has 4 N–H and O–H groups in total. The number of benzene rings is 2. The number of H-pyrrole nitrogens is 2. The molecule has 1 amide bonds. The Morgan fingerprint density at radius 2 is 2.00 bits per heavy atom. The number of nitrogens with zero attached hydrogens (tertiary/aromatic N) is 3. The van der Waals surface area contributed by atoms with Gasteiger partial charge in [-0.1, -0.05) is 0 Å². The largest absolute Gasteiger partial charge is 0.493 e. The predicted octanol–water partition coefficient (Wildman–Crippen LogP) is 3.00. The van der Waals surface area contributed by atoms with Gasteiger partial charge in [-0.25, -0.2) is 0 Å². The maximum atomic E-state index is 11.8. The number of aromatic nitrogens is 5. The molecular formula is C21H23N7O3. The number of amides is 1. The second-order valence-electron chi connectivity index (χ2n) is 7.18. The molecule has 0 saturated carbocycles. The van der Waals surface area contributed by atoms with Crippen LogP contribution in [-0.4, -0.2) is 51.0 Å². The highest BCUT2D eigenvalue weighted by molar-refractivity contribution is 5.82. The molecule has 2 aromatic heterocycles. The average Bonchev–Trinajstić information content (AvgIpc) is 3.41. The Bertz CT molecular complexity index is 1200. The fraction of sp³-hybridized carbons (Fsp3) is 0.238. The zero-order valence-electron chi connectivity index (χ0n) is 17.4. The van der Waals surface area contributed by atoms with Crippen LogP contribution in [0.5, 0.6) is 11.5 Å². The third-order valence-electron chi connectivity index (χ3n) is 4.43. The number of carbonyl (C=O) groups excluding carboxylic acids is 1. The van der Waals surface area contributed by atoms with Crippen molar-refractivity contribution >= 4 is 28.4 Å². The van der Waals surface area contributed by atoms with E-state index in [0.717, 1.165) is 22.2 Å². The number of fused-ring (bicyclic) bond motifs is 1. The van der Waals surface area contributed by atoms with Crippen molar-refractivity contribution in [3.63, 3.8) is 0 Å². The van der Waals surface area contributed by atoms with Crippen molar-refractivity contribution in [1.29, 1.82) is 0 Å². The van der Waals surface area contributed by atoms with Gasteiger partial charge in [-0.2, -0.15) is 10.1 Å². The normalized spacial score (nSPS) is 11.0. The van der Waals surface area contributed by atoms with Crippen LogP contribution >= 0.6 is 0 Å². The lowest BCUT2D eigenvalue weighted by Crippen LogP contribution is -2.34. The molecule has 0 saturated heterocycles. The number of aromatic amines is 2. The lowest BCUT2D eigenvalue weighted by molar-refractivity contribution is -0.123. The lowest BCUT2D eigenvalue weighted by atomic mass is 10.2. The van der Waals surface area contributed by atoms with E-state index in [4.69, 9.17) is 9.47 Å². The van der Waals surface area contributed by atoms with Gasteiger partial charge in [-0.15, -0.1) is 5.10 Å². The van der Waals surface area contributed by atoms with Gasteiger partial charge in [0.2, 0.25) is 5.95 Å². The fourth-order valence-electron chi connectivity index (χ4n) is 3.04. The second kappa shape index (κ2) is 8.74. The summed E-state index contributed by atoms with van der Waals surface area (Å²) in [6.45, 7) is 3.69. The Morgan fingerprint density at radius 3 is 2.81 bits per heavy atom. The Hall–Kier alpha value is -4.08. The molecule has 0 aliphatic rings. The van der Waals surface area contributed by atoms with E-state index in [1.165, 1.54) is 0 Å². The van der Waals surface area contributed by atoms with Crippen LogP contribution in [0.4, 0.5) is 11.6 Å². The molecule has 0 atom stereocenters. The molecule has 2 aromatic carbocycles. The molecule has 0 spiro atoms. The van der Waals surface area contributed by atoms with E-state index < -0.39 is 0 Å². The van der Waals surface area contributed by atoms with Crippen molar-refractivity contribution in [2.45, 2.75) is 19.9 Å². The summed E-state index contributed by atoms with van der Waals surface area (Å²) >= 11 is 0. The van der Waals surface area contributed by atoms with Gasteiger partial charge in [-0.05, 0) is 50.2 Å². The Balaban J connectivity index is 1.46. The topological polar surface area (TPSA) is 130 Å². The maximum absolute atomic E-state index is 11.8. The molecule has 4 rings (SSSR count). The number of nitrogens with one attached hydrogen (secondary N) is 4. The van der Waals surface area contributed by atoms with Crippen molar-refractivity contribution in [3.05, 3.63) is 42.6 Å². The molecule has 160 valence electrons. The van der Waals surface area contributed by atoms with Crippen molar-refractivity contribution in [3.8, 4) is 22.9 Å². The Morgan fingerprint density at radius 1 is 1.13 bits per heavy atom. The second-order valence-corrected chi connectivity index (χ2v) is 7.18. The number of carbonyl (C=O) groups is 1. The van der Waals surface area contributed by atoms with Gasteiger partial charge in [0, 0.05) is 22.7 Å². The van der Waals surface area contributed by atoms with Crippen molar-refractivity contribution < 1.29 is 14.3 Å². The smallest absolute Gasteiger partial charge is 0.258 e. The van der Waals surface area contributed by atoms with Crippen LogP contribution in [-0.2, 0) is 4.79 Å². The van der Waals surface area contributed by atoms with Gasteiger partial charge < -0.3 is 20.1 Å². The van der Waals surface area contributed by atoms with Crippen LogP contribution in [0.15, 0.2) is 42.6 Å². The summed E-state index contributed by atoms with van der Waals surface area (Å²) in [7, 11) is 1.54. The van der Waals surface area contributed by atoms with E-state index in [1.807, 2.05) is 38.1 Å². The fourth-order valence-corrected chi connectivity index (χ4v) is 3.04. The first kappa shape index (κ1) is 20.2. The number of hydrogen-bond acceptors (Lipinski definition) is 7. The summed E-state index contributed by atoms with van der Waals surface area (Å²) in [4.78, 5) is 16.3. The molecular weight excluding hydrogens is 398 g/mol. The number of rotatable bonds is 8. The molecule has 0 bridgehead atoms. The molecule has 2 heterocycles. The first-order valence-corrected chi connectivity index (χ1v) is 9.75. The molecule has 10 nitrogen and oxygen atoms in total. The van der Waals surface area contributed by atoms with Gasteiger partial charge in [0.05, 0.1) is 18.8 Å². The van der Waals surface area contributed by atoms with E-state index in [9.17, 15) is 4.79 Å².